The minimum absolute atomic E-state index is 0.00523. The van der Waals surface area contributed by atoms with Gasteiger partial charge in [0.15, 0.2) is 23.2 Å². The van der Waals surface area contributed by atoms with Gasteiger partial charge in [-0.1, -0.05) is 18.2 Å². The van der Waals surface area contributed by atoms with Gasteiger partial charge in [0.05, 0.1) is 19.0 Å². The summed E-state index contributed by atoms with van der Waals surface area (Å²) in [4.78, 5) is 24.5. The van der Waals surface area contributed by atoms with Crippen LogP contribution in [0.25, 0.3) is 11.2 Å². The van der Waals surface area contributed by atoms with Crippen LogP contribution >= 0.6 is 7.75 Å². The first-order chi connectivity index (χ1) is 21.1. The molecular formula is C26H32F4N7O7P. The van der Waals surface area contributed by atoms with Crippen LogP contribution in [0, 0.1) is 0 Å². The average molecular weight is 662 g/mol. The quantitative estimate of drug-likeness (QED) is 0.125. The van der Waals surface area contributed by atoms with Crippen LogP contribution in [0.2, 0.25) is 0 Å². The second-order valence-corrected chi connectivity index (χ2v) is 12.6. The molecule has 1 saturated heterocycles. The molecule has 3 heterocycles. The summed E-state index contributed by atoms with van der Waals surface area (Å²) in [6.45, 7) is 3.41. The van der Waals surface area contributed by atoms with Crippen molar-refractivity contribution in [1.29, 1.82) is 0 Å². The van der Waals surface area contributed by atoms with Crippen LogP contribution in [-0.2, 0) is 23.4 Å². The summed E-state index contributed by atoms with van der Waals surface area (Å²) >= 11 is 0. The van der Waals surface area contributed by atoms with Crippen molar-refractivity contribution >= 4 is 36.6 Å². The van der Waals surface area contributed by atoms with Gasteiger partial charge in [-0.05, 0) is 45.7 Å². The third-order valence-corrected chi connectivity index (χ3v) is 8.57. The topological polar surface area (TPSA) is 185 Å². The molecule has 246 valence electrons. The molecule has 1 aliphatic heterocycles. The van der Waals surface area contributed by atoms with E-state index >= 15 is 4.39 Å². The Bertz CT molecular complexity index is 1580. The van der Waals surface area contributed by atoms with Crippen LogP contribution in [0.4, 0.5) is 29.3 Å². The van der Waals surface area contributed by atoms with Gasteiger partial charge in [-0.2, -0.15) is 28.2 Å². The zero-order valence-electron chi connectivity index (χ0n) is 24.3. The van der Waals surface area contributed by atoms with Gasteiger partial charge >= 0.3 is 19.9 Å². The Hall–Kier alpha value is -3.57. The number of carbonyl (C=O) groups excluding carboxylic acids is 1. The molecule has 1 aromatic carbocycles. The number of halogens is 4. The molecule has 45 heavy (non-hydrogen) atoms. The van der Waals surface area contributed by atoms with Gasteiger partial charge in [-0.15, -0.1) is 0 Å². The number of hydrogen-bond acceptors (Lipinski definition) is 12. The molecule has 19 heteroatoms. The number of nitrogens with two attached hydrogens (primary N) is 1. The maximum absolute atomic E-state index is 16.2. The maximum atomic E-state index is 16.2. The maximum Gasteiger partial charge on any atom is 0.459 e. The zero-order valence-corrected chi connectivity index (χ0v) is 25.2. The number of hydrogen-bond donors (Lipinski definition) is 4. The number of ether oxygens (including phenoxy) is 2. The molecular weight excluding hydrogens is 629 g/mol. The van der Waals surface area contributed by atoms with E-state index in [1.54, 1.807) is 32.0 Å². The van der Waals surface area contributed by atoms with Crippen LogP contribution < -0.4 is 20.7 Å². The average Bonchev–Trinajstić information content (AvgIpc) is 3.61. The molecule has 5 N–H and O–H groups in total. The van der Waals surface area contributed by atoms with E-state index in [-0.39, 0.29) is 34.7 Å². The molecule has 14 nitrogen and oxygen atoms in total. The predicted octanol–water partition coefficient (Wildman–Crippen LogP) is 3.65. The van der Waals surface area contributed by atoms with E-state index in [1.807, 2.05) is 0 Å². The van der Waals surface area contributed by atoms with Gasteiger partial charge in [0, 0.05) is 6.04 Å². The Labute approximate surface area is 254 Å². The molecule has 5 rings (SSSR count). The van der Waals surface area contributed by atoms with Gasteiger partial charge in [0.25, 0.3) is 5.67 Å². The molecule has 2 aliphatic rings. The van der Waals surface area contributed by atoms with Crippen LogP contribution in [0.1, 0.15) is 39.8 Å². The molecule has 2 aromatic heterocycles. The predicted molar refractivity (Wildman–Crippen MR) is 151 cm³/mol. The fraction of sp³-hybridized carbons (Fsp3) is 0.538. The number of nitrogen functional groups attached to an aromatic ring is 1. The normalized spacial score (nSPS) is 25.7. The van der Waals surface area contributed by atoms with Crippen molar-refractivity contribution in [3.63, 3.8) is 0 Å². The molecule has 0 amide bonds. The number of alkyl halides is 4. The molecule has 1 unspecified atom stereocenters. The molecule has 2 fully saturated rings. The Kier molecular flexibility index (Phi) is 8.98. The van der Waals surface area contributed by atoms with E-state index < -0.39 is 62.7 Å². The van der Waals surface area contributed by atoms with E-state index in [0.29, 0.717) is 4.57 Å². The van der Waals surface area contributed by atoms with E-state index in [4.69, 9.17) is 24.3 Å². The van der Waals surface area contributed by atoms with E-state index in [9.17, 15) is 27.6 Å². The van der Waals surface area contributed by atoms with Crippen LogP contribution in [0.5, 0.6) is 5.75 Å². The summed E-state index contributed by atoms with van der Waals surface area (Å²) in [6.07, 6.45) is -11.1. The molecule has 0 bridgehead atoms. The van der Waals surface area contributed by atoms with Crippen molar-refractivity contribution in [1.82, 2.24) is 24.6 Å². The summed E-state index contributed by atoms with van der Waals surface area (Å²) < 4.78 is 95.1. The van der Waals surface area contributed by atoms with Gasteiger partial charge in [-0.3, -0.25) is 13.9 Å². The number of nitrogens with one attached hydrogen (secondary N) is 2. The van der Waals surface area contributed by atoms with Crippen molar-refractivity contribution in [3.8, 4) is 5.75 Å². The summed E-state index contributed by atoms with van der Waals surface area (Å²) in [5.41, 5.74) is 1.10. The number of esters is 1. The fourth-order valence-corrected chi connectivity index (χ4v) is 6.10. The Morgan fingerprint density at radius 2 is 1.93 bits per heavy atom. The number of aliphatic hydroxyl groups is 1. The number of aliphatic hydroxyl groups excluding tert-OH is 1. The number of rotatable bonds is 12. The van der Waals surface area contributed by atoms with Crippen molar-refractivity contribution < 1.29 is 50.5 Å². The van der Waals surface area contributed by atoms with Gasteiger partial charge in [0.2, 0.25) is 5.95 Å². The monoisotopic (exact) mass is 661 g/mol. The summed E-state index contributed by atoms with van der Waals surface area (Å²) in [5, 5.41) is 16.2. The number of fused-ring (bicyclic) bond motifs is 1. The number of benzene rings is 1. The number of nitrogens with zero attached hydrogens (tertiary/aromatic N) is 4. The lowest BCUT2D eigenvalue weighted by molar-refractivity contribution is -0.273. The lowest BCUT2D eigenvalue weighted by Gasteiger charge is -2.31. The first kappa shape index (κ1) is 32.8. The van der Waals surface area contributed by atoms with Crippen molar-refractivity contribution in [2.45, 2.75) is 82.1 Å². The van der Waals surface area contributed by atoms with Gasteiger partial charge < -0.3 is 30.2 Å². The van der Waals surface area contributed by atoms with E-state index in [0.717, 1.165) is 19.2 Å². The number of carbonyl (C=O) groups is 1. The molecule has 1 saturated carbocycles. The highest BCUT2D eigenvalue weighted by molar-refractivity contribution is 7.52. The third-order valence-electron chi connectivity index (χ3n) is 6.92. The zero-order chi connectivity index (χ0) is 32.7. The first-order valence-corrected chi connectivity index (χ1v) is 15.5. The molecule has 0 spiro atoms. The van der Waals surface area contributed by atoms with Crippen molar-refractivity contribution in [2.24, 2.45) is 0 Å². The number of anilines is 2. The van der Waals surface area contributed by atoms with Gasteiger partial charge in [-0.25, -0.2) is 13.9 Å². The lowest BCUT2D eigenvalue weighted by Crippen LogP contribution is -2.54. The molecule has 3 aromatic rings. The lowest BCUT2D eigenvalue weighted by atomic mass is 9.95. The summed E-state index contributed by atoms with van der Waals surface area (Å²) in [6, 6.07) is 6.33. The third kappa shape index (κ3) is 6.84. The van der Waals surface area contributed by atoms with Crippen LogP contribution in [0.3, 0.4) is 0 Å². The van der Waals surface area contributed by atoms with E-state index in [2.05, 4.69) is 25.4 Å². The second kappa shape index (κ2) is 12.3. The van der Waals surface area contributed by atoms with Crippen molar-refractivity contribution in [3.05, 3.63) is 36.7 Å². The largest absolute Gasteiger partial charge is 0.462 e. The fourth-order valence-electron chi connectivity index (χ4n) is 4.59. The summed E-state index contributed by atoms with van der Waals surface area (Å²) in [5.74, 6) is -0.996. The number of aromatic nitrogens is 4. The molecule has 1 aliphatic carbocycles. The minimum atomic E-state index is -5.67. The second-order valence-electron chi connectivity index (χ2n) is 10.9. The summed E-state index contributed by atoms with van der Waals surface area (Å²) in [7, 11) is -4.61. The van der Waals surface area contributed by atoms with Crippen molar-refractivity contribution in [2.75, 3.05) is 17.7 Å². The standard InChI is InChI=1S/C26H32F4N7O7P/c1-13(2)42-22(39)14(3)36-45(40,44-16-7-5-4-6-8-16)41-11-17-19(38)25(27,26(28,29)30)23(43-17)37-12-32-18-20(33-15-9-10-15)34-24(31)35-21(18)37/h4-8,12-15,17,19,23,38H,9-11H2,1-3H3,(H,36,40)(H3,31,33,34,35)/t14-,17+,19+,23+,25+,45?/m0/s1. The highest BCUT2D eigenvalue weighted by Crippen LogP contribution is 2.53. The Morgan fingerprint density at radius 1 is 1.24 bits per heavy atom. The molecule has 0 radical (unpaired) electrons. The van der Waals surface area contributed by atoms with Crippen LogP contribution in [-0.4, -0.2) is 79.4 Å². The number of imidazole rings is 1. The Morgan fingerprint density at radius 3 is 2.56 bits per heavy atom. The number of para-hydroxylation sites is 1. The first-order valence-electron chi connectivity index (χ1n) is 13.9. The highest BCUT2D eigenvalue weighted by Gasteiger charge is 2.73. The molecule has 6 atom stereocenters. The van der Waals surface area contributed by atoms with Crippen LogP contribution in [0.15, 0.2) is 36.7 Å². The minimum Gasteiger partial charge on any atom is -0.462 e. The highest BCUT2D eigenvalue weighted by atomic mass is 31.2. The Balaban J connectivity index is 1.43. The van der Waals surface area contributed by atoms with E-state index in [1.165, 1.54) is 19.1 Å². The van der Waals surface area contributed by atoms with Gasteiger partial charge in [0.1, 0.15) is 24.0 Å². The smallest absolute Gasteiger partial charge is 0.459 e. The SMILES string of the molecule is CC(C)OC(=O)[C@H](C)NP(=O)(OC[C@H]1O[C@@H](n2cnc3c(NC4CC4)nc(N)nc32)[C@@](F)(C(F)(F)F)[C@@H]1O)Oc1ccccc1.